The summed E-state index contributed by atoms with van der Waals surface area (Å²) in [5.74, 6) is -0.0382. The number of halogens is 2. The van der Waals surface area contributed by atoms with Crippen molar-refractivity contribution >= 4 is 43.9 Å². The van der Waals surface area contributed by atoms with Crippen LogP contribution in [0.25, 0.3) is 22.1 Å². The van der Waals surface area contributed by atoms with E-state index in [1.807, 2.05) is 32.9 Å². The van der Waals surface area contributed by atoms with E-state index in [1.54, 1.807) is 29.2 Å². The largest absolute Gasteiger partial charge is 0.452 e. The SMILES string of the molecule is Cc1ccc(C(=O)N(CCN)C(c2nc3c(oc4ccc(F)cc43)c(=O)n2Cc2ccc(Br)o2)C(C)C)cc1. The molecule has 39 heavy (non-hydrogen) atoms. The van der Waals surface area contributed by atoms with E-state index in [0.29, 0.717) is 32.8 Å². The number of aromatic nitrogens is 2. The molecule has 8 nitrogen and oxygen atoms in total. The minimum absolute atomic E-state index is 0.00251. The molecule has 3 aromatic heterocycles. The van der Waals surface area contributed by atoms with Gasteiger partial charge < -0.3 is 19.5 Å². The Labute approximate surface area is 232 Å². The maximum absolute atomic E-state index is 14.2. The molecule has 5 aromatic rings. The minimum Gasteiger partial charge on any atom is -0.452 e. The summed E-state index contributed by atoms with van der Waals surface area (Å²) < 4.78 is 27.7. The highest BCUT2D eigenvalue weighted by Gasteiger charge is 2.33. The summed E-state index contributed by atoms with van der Waals surface area (Å²) in [5.41, 5.74) is 7.64. The van der Waals surface area contributed by atoms with E-state index < -0.39 is 17.4 Å². The summed E-state index contributed by atoms with van der Waals surface area (Å²) in [5, 5.41) is 0.383. The summed E-state index contributed by atoms with van der Waals surface area (Å²) in [6.07, 6.45) is 0. The van der Waals surface area contributed by atoms with Crippen LogP contribution in [0.4, 0.5) is 4.39 Å². The van der Waals surface area contributed by atoms with Crippen molar-refractivity contribution in [2.24, 2.45) is 11.7 Å². The Morgan fingerprint density at radius 1 is 1.13 bits per heavy atom. The number of nitrogens with two attached hydrogens (primary N) is 1. The van der Waals surface area contributed by atoms with Gasteiger partial charge in [-0.05, 0) is 71.2 Å². The van der Waals surface area contributed by atoms with Gasteiger partial charge in [-0.25, -0.2) is 9.37 Å². The Kier molecular flexibility index (Phi) is 7.42. The van der Waals surface area contributed by atoms with Crippen LogP contribution >= 0.6 is 15.9 Å². The number of aryl methyl sites for hydroxylation is 1. The molecule has 0 aliphatic carbocycles. The third kappa shape index (κ3) is 5.14. The molecular formula is C29H28BrFN4O4. The molecule has 0 saturated heterocycles. The fraction of sp³-hybridized carbons (Fsp3) is 0.276. The lowest BCUT2D eigenvalue weighted by molar-refractivity contribution is 0.0612. The van der Waals surface area contributed by atoms with Gasteiger partial charge in [0.2, 0.25) is 5.58 Å². The van der Waals surface area contributed by atoms with Crippen LogP contribution in [0.2, 0.25) is 0 Å². The van der Waals surface area contributed by atoms with Crippen LogP contribution in [-0.4, -0.2) is 33.4 Å². The van der Waals surface area contributed by atoms with Crippen molar-refractivity contribution in [3.8, 4) is 0 Å². The lowest BCUT2D eigenvalue weighted by Gasteiger charge is -2.35. The number of amides is 1. The van der Waals surface area contributed by atoms with Crippen molar-refractivity contribution in [3.63, 3.8) is 0 Å². The zero-order valence-electron chi connectivity index (χ0n) is 21.8. The van der Waals surface area contributed by atoms with E-state index >= 15 is 0 Å². The van der Waals surface area contributed by atoms with Crippen LogP contribution in [0, 0.1) is 18.7 Å². The number of hydrogen-bond acceptors (Lipinski definition) is 6. The quantitative estimate of drug-likeness (QED) is 0.243. The minimum atomic E-state index is -0.642. The molecule has 202 valence electrons. The molecule has 0 aliphatic heterocycles. The van der Waals surface area contributed by atoms with Crippen LogP contribution in [0.5, 0.6) is 0 Å². The topological polar surface area (TPSA) is 108 Å². The molecule has 5 rings (SSSR count). The van der Waals surface area contributed by atoms with E-state index in [4.69, 9.17) is 19.6 Å². The van der Waals surface area contributed by atoms with Crippen LogP contribution in [0.1, 0.15) is 47.4 Å². The van der Waals surface area contributed by atoms with E-state index in [0.717, 1.165) is 5.56 Å². The predicted molar refractivity (Wildman–Crippen MR) is 150 cm³/mol. The molecule has 3 heterocycles. The third-order valence-electron chi connectivity index (χ3n) is 6.67. The van der Waals surface area contributed by atoms with Crippen molar-refractivity contribution in [1.82, 2.24) is 14.5 Å². The highest BCUT2D eigenvalue weighted by Crippen LogP contribution is 2.33. The maximum atomic E-state index is 14.2. The van der Waals surface area contributed by atoms with Crippen molar-refractivity contribution in [2.45, 2.75) is 33.4 Å². The van der Waals surface area contributed by atoms with E-state index in [1.165, 1.54) is 22.8 Å². The second kappa shape index (κ2) is 10.8. The Morgan fingerprint density at radius 2 is 1.87 bits per heavy atom. The van der Waals surface area contributed by atoms with Crippen molar-refractivity contribution in [1.29, 1.82) is 0 Å². The Hall–Kier alpha value is -3.76. The summed E-state index contributed by atoms with van der Waals surface area (Å²) >= 11 is 3.31. The summed E-state index contributed by atoms with van der Waals surface area (Å²) in [6.45, 7) is 6.34. The molecule has 2 aromatic carbocycles. The molecule has 10 heteroatoms. The van der Waals surface area contributed by atoms with E-state index in [2.05, 4.69) is 15.9 Å². The summed E-state index contributed by atoms with van der Waals surface area (Å²) in [7, 11) is 0. The summed E-state index contributed by atoms with van der Waals surface area (Å²) in [6, 6.07) is 14.2. The molecule has 0 aliphatic rings. The van der Waals surface area contributed by atoms with E-state index in [-0.39, 0.29) is 42.6 Å². The van der Waals surface area contributed by atoms with Gasteiger partial charge in [0.25, 0.3) is 11.5 Å². The molecular weight excluding hydrogens is 567 g/mol. The molecule has 0 bridgehead atoms. The van der Waals surface area contributed by atoms with Crippen LogP contribution in [0.3, 0.4) is 0 Å². The van der Waals surface area contributed by atoms with Crippen molar-refractivity contribution in [3.05, 3.63) is 98.1 Å². The van der Waals surface area contributed by atoms with Gasteiger partial charge in [0.05, 0.1) is 12.6 Å². The average molecular weight is 595 g/mol. The number of carbonyl (C=O) groups excluding carboxylic acids is 1. The van der Waals surface area contributed by atoms with Gasteiger partial charge in [0, 0.05) is 24.0 Å². The van der Waals surface area contributed by atoms with Crippen LogP contribution in [-0.2, 0) is 6.54 Å². The second-order valence-electron chi connectivity index (χ2n) is 9.83. The number of furan rings is 2. The standard InChI is InChI=1S/C29H28BrFN4O4/c1-16(2)25(34(13-12-32)28(36)18-6-4-17(3)5-7-18)27-33-24-21-14-19(31)8-10-22(21)39-26(24)29(37)35(27)15-20-9-11-23(30)38-20/h4-11,14,16,25H,12-13,15,32H2,1-3H3. The Bertz CT molecular complexity index is 1720. The number of benzene rings is 2. The zero-order valence-corrected chi connectivity index (χ0v) is 23.4. The fourth-order valence-electron chi connectivity index (χ4n) is 4.85. The molecule has 0 radical (unpaired) electrons. The summed E-state index contributed by atoms with van der Waals surface area (Å²) in [4.78, 5) is 34.4. The first-order valence-corrected chi connectivity index (χ1v) is 13.4. The van der Waals surface area contributed by atoms with Gasteiger partial charge in [-0.15, -0.1) is 0 Å². The number of nitrogens with zero attached hydrogens (tertiary/aromatic N) is 3. The smallest absolute Gasteiger partial charge is 0.297 e. The number of rotatable bonds is 8. The maximum Gasteiger partial charge on any atom is 0.297 e. The Morgan fingerprint density at radius 3 is 2.51 bits per heavy atom. The molecule has 2 N–H and O–H groups in total. The monoisotopic (exact) mass is 594 g/mol. The zero-order chi connectivity index (χ0) is 27.8. The first kappa shape index (κ1) is 26.8. The van der Waals surface area contributed by atoms with Gasteiger partial charge in [-0.3, -0.25) is 14.2 Å². The highest BCUT2D eigenvalue weighted by molar-refractivity contribution is 9.10. The molecule has 1 unspecified atom stereocenters. The Balaban J connectivity index is 1.76. The third-order valence-corrected chi connectivity index (χ3v) is 7.10. The lowest BCUT2D eigenvalue weighted by Crippen LogP contribution is -2.43. The first-order chi connectivity index (χ1) is 18.7. The van der Waals surface area contributed by atoms with Crippen molar-refractivity contribution < 1.29 is 18.0 Å². The van der Waals surface area contributed by atoms with Crippen LogP contribution < -0.4 is 11.3 Å². The average Bonchev–Trinajstić information content (AvgIpc) is 3.48. The van der Waals surface area contributed by atoms with Crippen LogP contribution in [0.15, 0.2) is 72.9 Å². The van der Waals surface area contributed by atoms with Crippen molar-refractivity contribution in [2.75, 3.05) is 13.1 Å². The predicted octanol–water partition coefficient (Wildman–Crippen LogP) is 5.79. The second-order valence-corrected chi connectivity index (χ2v) is 10.6. The molecule has 1 atom stereocenters. The van der Waals surface area contributed by atoms with E-state index in [9.17, 15) is 14.0 Å². The normalized spacial score (nSPS) is 12.5. The molecule has 0 spiro atoms. The number of hydrogen-bond donors (Lipinski definition) is 1. The molecule has 0 fully saturated rings. The first-order valence-electron chi connectivity index (χ1n) is 12.6. The fourth-order valence-corrected chi connectivity index (χ4v) is 5.19. The van der Waals surface area contributed by atoms with Gasteiger partial charge in [-0.2, -0.15) is 0 Å². The molecule has 0 saturated carbocycles. The van der Waals surface area contributed by atoms with Gasteiger partial charge in [0.15, 0.2) is 4.67 Å². The highest BCUT2D eigenvalue weighted by atomic mass is 79.9. The van der Waals surface area contributed by atoms with Gasteiger partial charge in [-0.1, -0.05) is 31.5 Å². The van der Waals surface area contributed by atoms with Gasteiger partial charge >= 0.3 is 0 Å². The number of carbonyl (C=O) groups is 1. The number of fused-ring (bicyclic) bond motifs is 3. The lowest BCUT2D eigenvalue weighted by atomic mass is 9.99. The van der Waals surface area contributed by atoms with Gasteiger partial charge in [0.1, 0.15) is 28.5 Å². The molecule has 1 amide bonds.